The second-order valence-corrected chi connectivity index (χ2v) is 7.20. The first-order chi connectivity index (χ1) is 10.6. The Morgan fingerprint density at radius 2 is 0.913 bits per heavy atom. The van der Waals surface area contributed by atoms with Crippen LogP contribution < -0.4 is 17.0 Å². The molecule has 142 valence electrons. The maximum absolute atomic E-state index is 10.5. The number of quaternary nitrogens is 1. The summed E-state index contributed by atoms with van der Waals surface area (Å²) < 4.78 is 0.955. The normalized spacial score (nSPS) is 12.9. The van der Waals surface area contributed by atoms with E-state index in [0.29, 0.717) is 0 Å². The van der Waals surface area contributed by atoms with Gasteiger partial charge >= 0.3 is 0 Å². The number of hydrogen-bond donors (Lipinski definition) is 1. The first-order valence-corrected chi connectivity index (χ1v) is 10.2. The van der Waals surface area contributed by atoms with E-state index in [1.165, 1.54) is 96.7 Å². The van der Waals surface area contributed by atoms with E-state index in [9.17, 15) is 5.11 Å². The van der Waals surface area contributed by atoms with Gasteiger partial charge in [0.25, 0.3) is 0 Å². The van der Waals surface area contributed by atoms with Gasteiger partial charge in [-0.25, -0.2) is 0 Å². The minimum absolute atomic E-state index is 0. The van der Waals surface area contributed by atoms with E-state index in [1.54, 1.807) is 0 Å². The van der Waals surface area contributed by atoms with E-state index in [4.69, 9.17) is 0 Å². The van der Waals surface area contributed by atoms with Gasteiger partial charge in [0.15, 0.2) is 6.23 Å². The molecule has 0 bridgehead atoms. The van der Waals surface area contributed by atoms with Crippen molar-refractivity contribution in [2.45, 2.75) is 111 Å². The largest absolute Gasteiger partial charge is 1.00 e. The van der Waals surface area contributed by atoms with Crippen LogP contribution in [0.15, 0.2) is 0 Å². The predicted molar refractivity (Wildman–Crippen MR) is 99.0 cm³/mol. The van der Waals surface area contributed by atoms with Crippen molar-refractivity contribution in [3.05, 3.63) is 0 Å². The van der Waals surface area contributed by atoms with Crippen LogP contribution >= 0.6 is 0 Å². The van der Waals surface area contributed by atoms with Crippen LogP contribution in [0.5, 0.6) is 0 Å². The molecule has 0 spiro atoms. The van der Waals surface area contributed by atoms with Gasteiger partial charge < -0.3 is 22.1 Å². The summed E-state index contributed by atoms with van der Waals surface area (Å²) in [5.41, 5.74) is 0. The molecule has 0 aliphatic rings. The van der Waals surface area contributed by atoms with E-state index >= 15 is 0 Å². The standard InChI is InChI=1S/C20H44NO.BrH/c1-5-8-11-14-17-21(20(4)22,18-15-12-9-6-2)19-16-13-10-7-3;/h20,22H,5-19H2,1-4H3;1H/q+1;/p-1. The SMILES string of the molecule is CCCCCC[N+](CCCCCC)(CCCCCC)C(C)O.[Br-]. The highest BCUT2D eigenvalue weighted by Gasteiger charge is 2.31. The van der Waals surface area contributed by atoms with Crippen LogP contribution in [0, 0.1) is 0 Å². The van der Waals surface area contributed by atoms with Gasteiger partial charge in [0, 0.05) is 6.92 Å². The number of hydrogen-bond acceptors (Lipinski definition) is 1. The highest BCUT2D eigenvalue weighted by Crippen LogP contribution is 2.20. The summed E-state index contributed by atoms with van der Waals surface area (Å²) in [6.45, 7) is 12.4. The molecule has 2 nitrogen and oxygen atoms in total. The van der Waals surface area contributed by atoms with Gasteiger partial charge in [-0.2, -0.15) is 0 Å². The molecule has 0 saturated carbocycles. The number of aliphatic hydroxyl groups excluding tert-OH is 1. The Kier molecular flexibility index (Phi) is 19.2. The maximum Gasteiger partial charge on any atom is 0.187 e. The third-order valence-electron chi connectivity index (χ3n) is 5.16. The Morgan fingerprint density at radius 1 is 0.609 bits per heavy atom. The Hall–Kier alpha value is 0.400. The zero-order valence-corrected chi connectivity index (χ0v) is 18.0. The number of halogens is 1. The average molecular weight is 394 g/mol. The molecule has 0 aromatic rings. The predicted octanol–water partition coefficient (Wildman–Crippen LogP) is 2.89. The molecule has 0 aromatic heterocycles. The molecule has 3 heteroatoms. The van der Waals surface area contributed by atoms with Crippen molar-refractivity contribution in [3.63, 3.8) is 0 Å². The zero-order chi connectivity index (χ0) is 16.7. The summed E-state index contributed by atoms with van der Waals surface area (Å²) in [5.74, 6) is 0. The van der Waals surface area contributed by atoms with Crippen molar-refractivity contribution in [2.75, 3.05) is 19.6 Å². The van der Waals surface area contributed by atoms with Gasteiger partial charge in [-0.1, -0.05) is 59.3 Å². The summed E-state index contributed by atoms with van der Waals surface area (Å²) in [5, 5.41) is 10.5. The summed E-state index contributed by atoms with van der Waals surface area (Å²) in [6.07, 6.45) is 15.5. The summed E-state index contributed by atoms with van der Waals surface area (Å²) in [4.78, 5) is 0. The van der Waals surface area contributed by atoms with Crippen molar-refractivity contribution in [3.8, 4) is 0 Å². The Bertz CT molecular complexity index is 202. The highest BCUT2D eigenvalue weighted by molar-refractivity contribution is 4.52. The molecule has 0 aliphatic heterocycles. The molecule has 0 heterocycles. The summed E-state index contributed by atoms with van der Waals surface area (Å²) in [6, 6.07) is 0. The van der Waals surface area contributed by atoms with Crippen LogP contribution in [0.1, 0.15) is 105 Å². The number of rotatable bonds is 16. The quantitative estimate of drug-likeness (QED) is 0.243. The second kappa shape index (κ2) is 17.2. The molecule has 23 heavy (non-hydrogen) atoms. The highest BCUT2D eigenvalue weighted by atomic mass is 79.9. The lowest BCUT2D eigenvalue weighted by atomic mass is 10.1. The molecule has 0 saturated heterocycles. The molecular weight excluding hydrogens is 350 g/mol. The first kappa shape index (κ1) is 25.6. The molecule has 0 aliphatic carbocycles. The van der Waals surface area contributed by atoms with Crippen molar-refractivity contribution in [1.82, 2.24) is 0 Å². The first-order valence-electron chi connectivity index (χ1n) is 10.2. The third-order valence-corrected chi connectivity index (χ3v) is 5.16. The molecule has 0 amide bonds. The van der Waals surface area contributed by atoms with Gasteiger partial charge in [0.1, 0.15) is 0 Å². The molecular formula is C20H44BrNO. The van der Waals surface area contributed by atoms with Crippen LogP contribution in [0.4, 0.5) is 0 Å². The average Bonchev–Trinajstić information content (AvgIpc) is 2.51. The van der Waals surface area contributed by atoms with Crippen LogP contribution in [0.2, 0.25) is 0 Å². The van der Waals surface area contributed by atoms with Gasteiger partial charge in [0.05, 0.1) is 19.6 Å². The van der Waals surface area contributed by atoms with E-state index in [2.05, 4.69) is 20.8 Å². The molecule has 1 unspecified atom stereocenters. The molecule has 0 aromatic carbocycles. The summed E-state index contributed by atoms with van der Waals surface area (Å²) >= 11 is 0. The van der Waals surface area contributed by atoms with Gasteiger partial charge in [-0.15, -0.1) is 0 Å². The Labute approximate surface area is 157 Å². The lowest BCUT2D eigenvalue weighted by Crippen LogP contribution is -3.00. The van der Waals surface area contributed by atoms with Crippen LogP contribution in [-0.2, 0) is 0 Å². The smallest absolute Gasteiger partial charge is 0.187 e. The fourth-order valence-electron chi connectivity index (χ4n) is 3.46. The third kappa shape index (κ3) is 12.4. The topological polar surface area (TPSA) is 20.2 Å². The van der Waals surface area contributed by atoms with E-state index < -0.39 is 0 Å². The van der Waals surface area contributed by atoms with Gasteiger partial charge in [-0.05, 0) is 38.5 Å². The molecule has 1 N–H and O–H groups in total. The van der Waals surface area contributed by atoms with Crippen molar-refractivity contribution < 1.29 is 26.6 Å². The Morgan fingerprint density at radius 3 is 1.13 bits per heavy atom. The van der Waals surface area contributed by atoms with Gasteiger partial charge in [-0.3, -0.25) is 4.48 Å². The van der Waals surface area contributed by atoms with Crippen LogP contribution in [0.3, 0.4) is 0 Å². The number of unbranched alkanes of at least 4 members (excludes halogenated alkanes) is 9. The van der Waals surface area contributed by atoms with E-state index in [0.717, 1.165) is 4.48 Å². The van der Waals surface area contributed by atoms with Crippen molar-refractivity contribution in [2.24, 2.45) is 0 Å². The lowest BCUT2D eigenvalue weighted by Gasteiger charge is -2.41. The van der Waals surface area contributed by atoms with Crippen LogP contribution in [0.25, 0.3) is 0 Å². The Balaban J connectivity index is 0. The fourth-order valence-corrected chi connectivity index (χ4v) is 3.46. The van der Waals surface area contributed by atoms with Crippen molar-refractivity contribution >= 4 is 0 Å². The fraction of sp³-hybridized carbons (Fsp3) is 1.00. The van der Waals surface area contributed by atoms with Gasteiger partial charge in [0.2, 0.25) is 0 Å². The van der Waals surface area contributed by atoms with E-state index in [1.807, 2.05) is 6.92 Å². The molecule has 1 atom stereocenters. The molecule has 0 rings (SSSR count). The lowest BCUT2D eigenvalue weighted by molar-refractivity contribution is -0.969. The monoisotopic (exact) mass is 393 g/mol. The van der Waals surface area contributed by atoms with E-state index in [-0.39, 0.29) is 23.2 Å². The van der Waals surface area contributed by atoms with Crippen LogP contribution in [-0.4, -0.2) is 35.5 Å². The summed E-state index contributed by atoms with van der Waals surface area (Å²) in [7, 11) is 0. The minimum atomic E-state index is -0.204. The molecule has 0 radical (unpaired) electrons. The number of aliphatic hydroxyl groups is 1. The molecule has 0 fully saturated rings. The second-order valence-electron chi connectivity index (χ2n) is 7.20. The number of nitrogens with zero attached hydrogens (tertiary/aromatic N) is 1. The van der Waals surface area contributed by atoms with Crippen molar-refractivity contribution in [1.29, 1.82) is 0 Å². The zero-order valence-electron chi connectivity index (χ0n) is 16.5. The maximum atomic E-state index is 10.5. The minimum Gasteiger partial charge on any atom is -1.00 e.